The molecule has 6 nitrogen and oxygen atoms in total. The lowest BCUT2D eigenvalue weighted by Gasteiger charge is -2.20. The highest BCUT2D eigenvalue weighted by Gasteiger charge is 2.26. The minimum absolute atomic E-state index is 0.417. The average molecular weight is 222 g/mol. The van der Waals surface area contributed by atoms with Gasteiger partial charge >= 0.3 is 5.84 Å². The molecule has 1 unspecified atom stereocenters. The SMILES string of the molecule is CN(C)C(Cc1cccnc1)C(=N)[N+](=O)[O-]. The highest BCUT2D eigenvalue weighted by atomic mass is 16.6. The van der Waals surface area contributed by atoms with Gasteiger partial charge in [0.1, 0.15) is 6.04 Å². The molecule has 0 amide bonds. The van der Waals surface area contributed by atoms with Crippen LogP contribution in [0, 0.1) is 15.5 Å². The van der Waals surface area contributed by atoms with E-state index in [1.807, 2.05) is 6.07 Å². The first kappa shape index (κ1) is 12.3. The van der Waals surface area contributed by atoms with E-state index in [2.05, 4.69) is 4.98 Å². The Kier molecular flexibility index (Phi) is 4.07. The Morgan fingerprint density at radius 3 is 2.81 bits per heavy atom. The van der Waals surface area contributed by atoms with Crippen molar-refractivity contribution >= 4 is 5.84 Å². The summed E-state index contributed by atoms with van der Waals surface area (Å²) < 4.78 is 0. The lowest BCUT2D eigenvalue weighted by Crippen LogP contribution is -2.40. The molecule has 1 rings (SSSR count). The van der Waals surface area contributed by atoms with Crippen molar-refractivity contribution in [2.45, 2.75) is 12.5 Å². The summed E-state index contributed by atoms with van der Waals surface area (Å²) in [6.45, 7) is 0. The van der Waals surface area contributed by atoms with Gasteiger partial charge in [-0.05, 0) is 30.6 Å². The summed E-state index contributed by atoms with van der Waals surface area (Å²) in [5.74, 6) is -0.492. The smallest absolute Gasteiger partial charge is 0.348 e. The van der Waals surface area contributed by atoms with Crippen LogP contribution in [0.25, 0.3) is 0 Å². The molecule has 1 N–H and O–H groups in total. The number of pyridine rings is 1. The van der Waals surface area contributed by atoms with Crippen LogP contribution in [0.2, 0.25) is 0 Å². The van der Waals surface area contributed by atoms with Gasteiger partial charge in [0.2, 0.25) is 0 Å². The van der Waals surface area contributed by atoms with Crippen LogP contribution in [0.15, 0.2) is 24.5 Å². The van der Waals surface area contributed by atoms with E-state index < -0.39 is 16.8 Å². The molecule has 86 valence electrons. The predicted octanol–water partition coefficient (Wildman–Crippen LogP) is 0.808. The number of nitrogens with one attached hydrogen (secondary N) is 1. The summed E-state index contributed by atoms with van der Waals surface area (Å²) in [5, 5.41) is 18.0. The number of nitro groups is 1. The molecular weight excluding hydrogens is 208 g/mol. The van der Waals surface area contributed by atoms with Crippen molar-refractivity contribution in [2.75, 3.05) is 14.1 Å². The second kappa shape index (κ2) is 5.32. The van der Waals surface area contributed by atoms with Crippen LogP contribution in [-0.4, -0.2) is 40.8 Å². The van der Waals surface area contributed by atoms with Crippen LogP contribution in [0.5, 0.6) is 0 Å². The molecule has 1 aromatic heterocycles. The largest absolute Gasteiger partial charge is 0.358 e. The molecule has 0 aliphatic heterocycles. The van der Waals surface area contributed by atoms with E-state index in [0.717, 1.165) is 5.56 Å². The fourth-order valence-electron chi connectivity index (χ4n) is 1.39. The van der Waals surface area contributed by atoms with Crippen molar-refractivity contribution in [1.29, 1.82) is 5.41 Å². The van der Waals surface area contributed by atoms with Gasteiger partial charge in [-0.15, -0.1) is 0 Å². The Balaban J connectivity index is 2.81. The number of amidine groups is 1. The maximum absolute atomic E-state index is 10.6. The van der Waals surface area contributed by atoms with E-state index in [4.69, 9.17) is 5.41 Å². The minimum atomic E-state index is -0.652. The third kappa shape index (κ3) is 3.09. The predicted molar refractivity (Wildman–Crippen MR) is 60.1 cm³/mol. The fourth-order valence-corrected chi connectivity index (χ4v) is 1.39. The quantitative estimate of drug-likeness (QED) is 0.353. The number of aromatic nitrogens is 1. The fraction of sp³-hybridized carbons (Fsp3) is 0.400. The summed E-state index contributed by atoms with van der Waals surface area (Å²) in [5.41, 5.74) is 0.882. The van der Waals surface area contributed by atoms with E-state index in [0.29, 0.717) is 6.42 Å². The van der Waals surface area contributed by atoms with E-state index >= 15 is 0 Å². The van der Waals surface area contributed by atoms with Gasteiger partial charge in [0.05, 0.1) is 0 Å². The molecule has 0 aliphatic rings. The first-order chi connectivity index (χ1) is 7.52. The Morgan fingerprint density at radius 2 is 2.38 bits per heavy atom. The first-order valence-electron chi connectivity index (χ1n) is 4.80. The zero-order valence-electron chi connectivity index (χ0n) is 9.25. The topological polar surface area (TPSA) is 83.1 Å². The number of likely N-dealkylation sites (N-methyl/N-ethyl adjacent to an activating group) is 1. The monoisotopic (exact) mass is 222 g/mol. The maximum atomic E-state index is 10.6. The van der Waals surface area contributed by atoms with Gasteiger partial charge < -0.3 is 10.1 Å². The zero-order valence-corrected chi connectivity index (χ0v) is 9.25. The summed E-state index contributed by atoms with van der Waals surface area (Å²) in [4.78, 5) is 15.5. The Bertz CT molecular complexity index is 378. The van der Waals surface area contributed by atoms with Gasteiger partial charge in [-0.1, -0.05) is 11.5 Å². The Labute approximate surface area is 93.6 Å². The van der Waals surface area contributed by atoms with Gasteiger partial charge in [0.15, 0.2) is 0 Å². The molecule has 0 fully saturated rings. The van der Waals surface area contributed by atoms with Gasteiger partial charge in [0.25, 0.3) is 0 Å². The van der Waals surface area contributed by atoms with Crippen molar-refractivity contribution in [1.82, 2.24) is 9.88 Å². The first-order valence-corrected chi connectivity index (χ1v) is 4.80. The lowest BCUT2D eigenvalue weighted by atomic mass is 10.1. The van der Waals surface area contributed by atoms with Crippen LogP contribution < -0.4 is 0 Å². The second-order valence-corrected chi connectivity index (χ2v) is 3.69. The molecule has 0 saturated carbocycles. The normalized spacial score (nSPS) is 12.4. The summed E-state index contributed by atoms with van der Waals surface area (Å²) in [6, 6.07) is 3.09. The van der Waals surface area contributed by atoms with Gasteiger partial charge in [0, 0.05) is 18.8 Å². The van der Waals surface area contributed by atoms with Crippen LogP contribution >= 0.6 is 0 Å². The minimum Gasteiger partial charge on any atom is -0.358 e. The van der Waals surface area contributed by atoms with E-state index in [1.165, 1.54) is 0 Å². The molecule has 6 heteroatoms. The second-order valence-electron chi connectivity index (χ2n) is 3.69. The summed E-state index contributed by atoms with van der Waals surface area (Å²) in [6.07, 6.45) is 3.72. The molecule has 0 aliphatic carbocycles. The number of nitrogens with zero attached hydrogens (tertiary/aromatic N) is 3. The van der Waals surface area contributed by atoms with Crippen LogP contribution in [-0.2, 0) is 6.42 Å². The van der Waals surface area contributed by atoms with Crippen molar-refractivity contribution in [3.8, 4) is 0 Å². The van der Waals surface area contributed by atoms with Gasteiger partial charge in [-0.3, -0.25) is 9.88 Å². The Morgan fingerprint density at radius 1 is 1.69 bits per heavy atom. The van der Waals surface area contributed by atoms with Crippen molar-refractivity contribution in [2.24, 2.45) is 0 Å². The summed E-state index contributed by atoms with van der Waals surface area (Å²) in [7, 11) is 3.44. The van der Waals surface area contributed by atoms with Crippen LogP contribution in [0.4, 0.5) is 0 Å². The highest BCUT2D eigenvalue weighted by Crippen LogP contribution is 2.07. The van der Waals surface area contributed by atoms with Gasteiger partial charge in [-0.25, -0.2) is 0 Å². The molecule has 0 radical (unpaired) electrons. The average Bonchev–Trinajstić information content (AvgIpc) is 2.26. The molecule has 1 heterocycles. The lowest BCUT2D eigenvalue weighted by molar-refractivity contribution is -0.357. The molecule has 0 aromatic carbocycles. The van der Waals surface area contributed by atoms with E-state index in [9.17, 15) is 10.1 Å². The molecule has 0 saturated heterocycles. The molecule has 0 spiro atoms. The van der Waals surface area contributed by atoms with E-state index in [1.54, 1.807) is 37.5 Å². The molecule has 1 aromatic rings. The molecular formula is C10H14N4O2. The van der Waals surface area contributed by atoms with Crippen LogP contribution in [0.1, 0.15) is 5.56 Å². The number of rotatable bonds is 4. The number of hydrogen-bond acceptors (Lipinski definition) is 5. The third-order valence-electron chi connectivity index (χ3n) is 2.29. The van der Waals surface area contributed by atoms with Crippen LogP contribution in [0.3, 0.4) is 0 Å². The molecule has 16 heavy (non-hydrogen) atoms. The van der Waals surface area contributed by atoms with Crippen molar-refractivity contribution < 1.29 is 4.92 Å². The molecule has 1 atom stereocenters. The summed E-state index contributed by atoms with van der Waals surface area (Å²) >= 11 is 0. The maximum Gasteiger partial charge on any atom is 0.348 e. The highest BCUT2D eigenvalue weighted by molar-refractivity contribution is 5.77. The van der Waals surface area contributed by atoms with E-state index in [-0.39, 0.29) is 0 Å². The van der Waals surface area contributed by atoms with Crippen molar-refractivity contribution in [3.05, 3.63) is 40.2 Å². The number of hydrogen-bond donors (Lipinski definition) is 1. The Hall–Kier alpha value is -1.82. The zero-order chi connectivity index (χ0) is 12.1. The van der Waals surface area contributed by atoms with Crippen molar-refractivity contribution in [3.63, 3.8) is 0 Å². The molecule has 0 bridgehead atoms. The van der Waals surface area contributed by atoms with Gasteiger partial charge in [-0.2, -0.15) is 0 Å². The standard InChI is InChI=1S/C10H14N4O2/c1-13(2)9(10(11)14(15)16)6-8-4-3-5-12-7-8/h3-5,7,9,11H,6H2,1-2H3. The third-order valence-corrected chi connectivity index (χ3v) is 2.29.